The number of halogens is 2. The Morgan fingerprint density at radius 1 is 1.29 bits per heavy atom. The lowest BCUT2D eigenvalue weighted by Crippen LogP contribution is -2.18. The van der Waals surface area contributed by atoms with Gasteiger partial charge in [0, 0.05) is 0 Å². The molecule has 0 bridgehead atoms. The molecule has 3 nitrogen and oxygen atoms in total. The summed E-state index contributed by atoms with van der Waals surface area (Å²) in [5.41, 5.74) is 2.25. The largest absolute Gasteiger partial charge is 0.392 e. The van der Waals surface area contributed by atoms with Crippen LogP contribution in [0.25, 0.3) is 0 Å². The molecule has 1 unspecified atom stereocenters. The number of nitrogens with zero attached hydrogens (tertiary/aromatic N) is 1. The van der Waals surface area contributed by atoms with Crippen LogP contribution in [-0.4, -0.2) is 10.1 Å². The van der Waals surface area contributed by atoms with Gasteiger partial charge >= 0.3 is 0 Å². The van der Waals surface area contributed by atoms with Gasteiger partial charge in [-0.25, -0.2) is 4.39 Å². The Kier molecular flexibility index (Phi) is 5.15. The molecule has 1 heterocycles. The van der Waals surface area contributed by atoms with Crippen molar-refractivity contribution >= 4 is 17.3 Å². The van der Waals surface area contributed by atoms with E-state index in [2.05, 4.69) is 10.3 Å². The minimum Gasteiger partial charge on any atom is -0.392 e. The second-order valence-corrected chi connectivity index (χ2v) is 5.65. The van der Waals surface area contributed by atoms with Crippen molar-refractivity contribution in [1.82, 2.24) is 4.98 Å². The molecule has 0 amide bonds. The highest BCUT2D eigenvalue weighted by Crippen LogP contribution is 2.30. The van der Waals surface area contributed by atoms with Crippen molar-refractivity contribution in [2.24, 2.45) is 5.92 Å². The molecule has 0 aliphatic heterocycles. The Balaban J connectivity index is 2.30. The van der Waals surface area contributed by atoms with Crippen molar-refractivity contribution in [2.45, 2.75) is 26.5 Å². The third kappa shape index (κ3) is 3.93. The molecule has 0 radical (unpaired) electrons. The highest BCUT2D eigenvalue weighted by molar-refractivity contribution is 6.33. The standard InChI is InChI=1S/C16H18ClFN2O/c1-10(2)16(14-6-4-12(18)8-19-14)20-15-7-11(9-21)3-5-13(15)17/h3-8,10,16,20-21H,9H2,1-2H3. The average molecular weight is 309 g/mol. The molecule has 1 atom stereocenters. The maximum Gasteiger partial charge on any atom is 0.141 e. The summed E-state index contributed by atoms with van der Waals surface area (Å²) in [4.78, 5) is 4.14. The van der Waals surface area contributed by atoms with Crippen LogP contribution in [-0.2, 0) is 6.61 Å². The van der Waals surface area contributed by atoms with Crippen LogP contribution in [0.5, 0.6) is 0 Å². The molecule has 0 saturated heterocycles. The zero-order valence-electron chi connectivity index (χ0n) is 12.0. The van der Waals surface area contributed by atoms with Crippen molar-refractivity contribution in [3.63, 3.8) is 0 Å². The molecule has 2 aromatic rings. The van der Waals surface area contributed by atoms with Crippen LogP contribution < -0.4 is 5.32 Å². The van der Waals surface area contributed by atoms with E-state index in [1.807, 2.05) is 13.8 Å². The average Bonchev–Trinajstić information content (AvgIpc) is 2.47. The molecule has 2 N–H and O–H groups in total. The van der Waals surface area contributed by atoms with Crippen molar-refractivity contribution in [1.29, 1.82) is 0 Å². The Morgan fingerprint density at radius 3 is 2.62 bits per heavy atom. The maximum absolute atomic E-state index is 13.0. The Morgan fingerprint density at radius 2 is 2.05 bits per heavy atom. The Labute approximate surface area is 128 Å². The van der Waals surface area contributed by atoms with Crippen LogP contribution in [0.3, 0.4) is 0 Å². The molecule has 1 aromatic carbocycles. The number of aliphatic hydroxyl groups is 1. The lowest BCUT2D eigenvalue weighted by Gasteiger charge is -2.24. The lowest BCUT2D eigenvalue weighted by molar-refractivity contribution is 0.282. The number of anilines is 1. The molecule has 0 fully saturated rings. The Hall–Kier alpha value is -1.65. The van der Waals surface area contributed by atoms with Gasteiger partial charge < -0.3 is 10.4 Å². The molecule has 21 heavy (non-hydrogen) atoms. The van der Waals surface area contributed by atoms with Gasteiger partial charge in [-0.15, -0.1) is 0 Å². The van der Waals surface area contributed by atoms with Crippen LogP contribution in [0.2, 0.25) is 5.02 Å². The summed E-state index contributed by atoms with van der Waals surface area (Å²) in [6.07, 6.45) is 1.21. The van der Waals surface area contributed by atoms with E-state index in [-0.39, 0.29) is 24.4 Å². The SMILES string of the molecule is CC(C)C(Nc1cc(CO)ccc1Cl)c1ccc(F)cn1. The highest BCUT2D eigenvalue weighted by Gasteiger charge is 2.18. The number of nitrogens with one attached hydrogen (secondary N) is 1. The second-order valence-electron chi connectivity index (χ2n) is 5.24. The summed E-state index contributed by atoms with van der Waals surface area (Å²) in [5, 5.41) is 13.1. The predicted molar refractivity (Wildman–Crippen MR) is 82.8 cm³/mol. The molecule has 0 aliphatic carbocycles. The third-order valence-corrected chi connectivity index (χ3v) is 3.59. The van der Waals surface area contributed by atoms with E-state index < -0.39 is 0 Å². The predicted octanol–water partition coefficient (Wildman–Crippen LogP) is 4.18. The monoisotopic (exact) mass is 308 g/mol. The van der Waals surface area contributed by atoms with E-state index in [4.69, 9.17) is 11.6 Å². The molecule has 0 spiro atoms. The van der Waals surface area contributed by atoms with E-state index in [9.17, 15) is 9.50 Å². The molecule has 112 valence electrons. The van der Waals surface area contributed by atoms with Gasteiger partial charge in [0.25, 0.3) is 0 Å². The fourth-order valence-corrected chi connectivity index (χ4v) is 2.27. The van der Waals surface area contributed by atoms with Crippen LogP contribution in [0.15, 0.2) is 36.5 Å². The van der Waals surface area contributed by atoms with Crippen molar-refractivity contribution in [3.8, 4) is 0 Å². The minimum atomic E-state index is -0.360. The summed E-state index contributed by atoms with van der Waals surface area (Å²) >= 11 is 6.19. The van der Waals surface area contributed by atoms with E-state index >= 15 is 0 Å². The molecule has 1 aromatic heterocycles. The molecule has 2 rings (SSSR count). The first kappa shape index (κ1) is 15.7. The number of hydrogen-bond acceptors (Lipinski definition) is 3. The fraction of sp³-hybridized carbons (Fsp3) is 0.312. The smallest absolute Gasteiger partial charge is 0.141 e. The van der Waals surface area contributed by atoms with Gasteiger partial charge in [-0.2, -0.15) is 0 Å². The van der Waals surface area contributed by atoms with Crippen LogP contribution >= 0.6 is 11.6 Å². The van der Waals surface area contributed by atoms with Gasteiger partial charge in [0.15, 0.2) is 0 Å². The van der Waals surface area contributed by atoms with Crippen LogP contribution in [0, 0.1) is 11.7 Å². The topological polar surface area (TPSA) is 45.1 Å². The van der Waals surface area contributed by atoms with Crippen molar-refractivity contribution < 1.29 is 9.50 Å². The van der Waals surface area contributed by atoms with Crippen molar-refractivity contribution in [2.75, 3.05) is 5.32 Å². The number of aromatic nitrogens is 1. The molecular weight excluding hydrogens is 291 g/mol. The van der Waals surface area contributed by atoms with Gasteiger partial charge in [-0.05, 0) is 35.7 Å². The zero-order valence-corrected chi connectivity index (χ0v) is 12.7. The normalized spacial score (nSPS) is 12.5. The highest BCUT2D eigenvalue weighted by atomic mass is 35.5. The number of hydrogen-bond donors (Lipinski definition) is 2. The van der Waals surface area contributed by atoms with Crippen LogP contribution in [0.4, 0.5) is 10.1 Å². The number of benzene rings is 1. The zero-order chi connectivity index (χ0) is 15.4. The second kappa shape index (κ2) is 6.87. The quantitative estimate of drug-likeness (QED) is 0.871. The van der Waals surface area contributed by atoms with E-state index in [0.717, 1.165) is 16.9 Å². The maximum atomic E-state index is 13.0. The first-order valence-corrected chi connectivity index (χ1v) is 7.16. The van der Waals surface area contributed by atoms with Gasteiger partial charge in [0.1, 0.15) is 5.82 Å². The summed E-state index contributed by atoms with van der Waals surface area (Å²) < 4.78 is 13.0. The summed E-state index contributed by atoms with van der Waals surface area (Å²) in [6.45, 7) is 4.05. The van der Waals surface area contributed by atoms with Crippen molar-refractivity contribution in [3.05, 3.63) is 58.6 Å². The first-order valence-electron chi connectivity index (χ1n) is 6.78. The minimum absolute atomic E-state index is 0.0486. The lowest BCUT2D eigenvalue weighted by atomic mass is 9.99. The van der Waals surface area contributed by atoms with Crippen LogP contribution in [0.1, 0.15) is 31.1 Å². The first-order chi connectivity index (χ1) is 10.0. The molecular formula is C16H18ClFN2O. The van der Waals surface area contributed by atoms with E-state index in [0.29, 0.717) is 5.02 Å². The summed E-state index contributed by atoms with van der Waals surface area (Å²) in [5.74, 6) is -0.127. The van der Waals surface area contributed by atoms with Gasteiger partial charge in [-0.1, -0.05) is 31.5 Å². The molecule has 5 heteroatoms. The Bertz CT molecular complexity index is 602. The van der Waals surface area contributed by atoms with Gasteiger partial charge in [0.2, 0.25) is 0 Å². The fourth-order valence-electron chi connectivity index (χ4n) is 2.10. The van der Waals surface area contributed by atoms with E-state index in [1.165, 1.54) is 12.3 Å². The summed E-state index contributed by atoms with van der Waals surface area (Å²) in [6, 6.07) is 8.28. The number of rotatable bonds is 5. The van der Waals surface area contributed by atoms with Gasteiger partial charge in [-0.3, -0.25) is 4.98 Å². The van der Waals surface area contributed by atoms with Gasteiger partial charge in [0.05, 0.1) is 35.2 Å². The number of aliphatic hydroxyl groups excluding tert-OH is 1. The molecule has 0 saturated carbocycles. The summed E-state index contributed by atoms with van der Waals surface area (Å²) in [7, 11) is 0. The number of pyridine rings is 1. The third-order valence-electron chi connectivity index (χ3n) is 3.26. The van der Waals surface area contributed by atoms with E-state index in [1.54, 1.807) is 24.3 Å². The molecule has 0 aliphatic rings.